The number of amides is 1. The summed E-state index contributed by atoms with van der Waals surface area (Å²) in [5.74, 6) is -0.718. The van der Waals surface area contributed by atoms with Crippen LogP contribution in [0, 0.1) is 0 Å². The summed E-state index contributed by atoms with van der Waals surface area (Å²) >= 11 is 0. The number of anilines is 1. The molecule has 0 radical (unpaired) electrons. The third kappa shape index (κ3) is 4.08. The zero-order chi connectivity index (χ0) is 13.5. The lowest BCUT2D eigenvalue weighted by molar-refractivity contribution is -0.141. The summed E-state index contributed by atoms with van der Waals surface area (Å²) in [5.41, 5.74) is 1.53. The highest BCUT2D eigenvalue weighted by Gasteiger charge is 2.08. The maximum Gasteiger partial charge on any atom is 0.325 e. The zero-order valence-corrected chi connectivity index (χ0v) is 10.9. The molecule has 0 atom stereocenters. The van der Waals surface area contributed by atoms with Gasteiger partial charge in [0.1, 0.15) is 6.54 Å². The number of benzene rings is 1. The van der Waals surface area contributed by atoms with Gasteiger partial charge in [0.2, 0.25) is 0 Å². The van der Waals surface area contributed by atoms with Crippen molar-refractivity contribution < 1.29 is 14.3 Å². The van der Waals surface area contributed by atoms with Crippen molar-refractivity contribution in [3.8, 4) is 0 Å². The number of esters is 1. The Labute approximate surface area is 107 Å². The lowest BCUT2D eigenvalue weighted by atomic mass is 10.2. The van der Waals surface area contributed by atoms with E-state index in [0.29, 0.717) is 12.2 Å². The molecule has 0 aliphatic heterocycles. The predicted octanol–water partition coefficient (Wildman–Crippen LogP) is 1.05. The average Bonchev–Trinajstić information content (AvgIpc) is 2.36. The molecule has 0 saturated carbocycles. The average molecular weight is 250 g/mol. The molecule has 1 aromatic carbocycles. The van der Waals surface area contributed by atoms with Crippen LogP contribution in [-0.4, -0.2) is 39.1 Å². The van der Waals surface area contributed by atoms with E-state index < -0.39 is 5.97 Å². The fraction of sp³-hybridized carbons (Fsp3) is 0.385. The molecule has 1 amide bonds. The van der Waals surface area contributed by atoms with E-state index in [2.05, 4.69) is 5.32 Å². The van der Waals surface area contributed by atoms with Crippen LogP contribution in [0.5, 0.6) is 0 Å². The van der Waals surface area contributed by atoms with Gasteiger partial charge < -0.3 is 15.0 Å². The normalized spacial score (nSPS) is 9.72. The standard InChI is InChI=1S/C13H18N2O3/c1-4-18-12(16)9-14-13(17)10-5-7-11(8-6-10)15(2)3/h5-8H,4,9H2,1-3H3,(H,14,17). The van der Waals surface area contributed by atoms with Crippen LogP contribution in [0.1, 0.15) is 17.3 Å². The number of hydrogen-bond acceptors (Lipinski definition) is 4. The summed E-state index contributed by atoms with van der Waals surface area (Å²) in [4.78, 5) is 24.7. The van der Waals surface area contributed by atoms with Gasteiger partial charge in [-0.2, -0.15) is 0 Å². The van der Waals surface area contributed by atoms with Crippen molar-refractivity contribution in [1.82, 2.24) is 5.32 Å². The van der Waals surface area contributed by atoms with Crippen molar-refractivity contribution in [3.05, 3.63) is 29.8 Å². The smallest absolute Gasteiger partial charge is 0.325 e. The van der Waals surface area contributed by atoms with Crippen molar-refractivity contribution in [3.63, 3.8) is 0 Å². The summed E-state index contributed by atoms with van der Waals surface area (Å²) in [6.45, 7) is 1.92. The van der Waals surface area contributed by atoms with Gasteiger partial charge in [0.05, 0.1) is 6.61 Å². The minimum absolute atomic E-state index is 0.109. The number of carbonyl (C=O) groups is 2. The first-order chi connectivity index (χ1) is 8.54. The van der Waals surface area contributed by atoms with E-state index in [4.69, 9.17) is 4.74 Å². The Morgan fingerprint density at radius 3 is 2.33 bits per heavy atom. The van der Waals surface area contributed by atoms with Gasteiger partial charge in [-0.1, -0.05) is 0 Å². The van der Waals surface area contributed by atoms with Crippen LogP contribution in [0.25, 0.3) is 0 Å². The van der Waals surface area contributed by atoms with Gasteiger partial charge in [0.15, 0.2) is 0 Å². The van der Waals surface area contributed by atoms with Crippen molar-refractivity contribution in [2.75, 3.05) is 32.1 Å². The van der Waals surface area contributed by atoms with Crippen LogP contribution in [0.2, 0.25) is 0 Å². The van der Waals surface area contributed by atoms with Gasteiger partial charge in [-0.15, -0.1) is 0 Å². The maximum absolute atomic E-state index is 11.7. The van der Waals surface area contributed by atoms with E-state index in [0.717, 1.165) is 5.69 Å². The second-order valence-electron chi connectivity index (χ2n) is 3.93. The van der Waals surface area contributed by atoms with Crippen molar-refractivity contribution in [2.24, 2.45) is 0 Å². The lowest BCUT2D eigenvalue weighted by Crippen LogP contribution is -2.30. The summed E-state index contributed by atoms with van der Waals surface area (Å²) in [5, 5.41) is 2.51. The second kappa shape index (κ2) is 6.64. The van der Waals surface area contributed by atoms with E-state index in [-0.39, 0.29) is 12.5 Å². The fourth-order valence-corrected chi connectivity index (χ4v) is 1.38. The van der Waals surface area contributed by atoms with E-state index in [9.17, 15) is 9.59 Å². The Morgan fingerprint density at radius 1 is 1.22 bits per heavy atom. The maximum atomic E-state index is 11.7. The minimum atomic E-state index is -0.434. The van der Waals surface area contributed by atoms with Gasteiger partial charge in [0.25, 0.3) is 5.91 Å². The van der Waals surface area contributed by atoms with Gasteiger partial charge >= 0.3 is 5.97 Å². The second-order valence-corrected chi connectivity index (χ2v) is 3.93. The molecule has 0 aromatic heterocycles. The zero-order valence-electron chi connectivity index (χ0n) is 10.9. The molecule has 1 rings (SSSR count). The number of rotatable bonds is 5. The van der Waals surface area contributed by atoms with Gasteiger partial charge in [0, 0.05) is 25.3 Å². The number of nitrogens with zero attached hydrogens (tertiary/aromatic N) is 1. The molecule has 5 nitrogen and oxygen atoms in total. The molecule has 5 heteroatoms. The quantitative estimate of drug-likeness (QED) is 0.793. The highest BCUT2D eigenvalue weighted by Crippen LogP contribution is 2.11. The van der Waals surface area contributed by atoms with E-state index in [1.54, 1.807) is 19.1 Å². The first-order valence-electron chi connectivity index (χ1n) is 5.75. The molecule has 0 saturated heterocycles. The number of nitrogens with one attached hydrogen (secondary N) is 1. The molecule has 0 aliphatic carbocycles. The lowest BCUT2D eigenvalue weighted by Gasteiger charge is -2.12. The van der Waals surface area contributed by atoms with Crippen LogP contribution in [0.4, 0.5) is 5.69 Å². The Kier molecular flexibility index (Phi) is 5.17. The first kappa shape index (κ1) is 14.0. The fourth-order valence-electron chi connectivity index (χ4n) is 1.38. The SMILES string of the molecule is CCOC(=O)CNC(=O)c1ccc(N(C)C)cc1. The highest BCUT2D eigenvalue weighted by atomic mass is 16.5. The Hall–Kier alpha value is -2.04. The van der Waals surface area contributed by atoms with Crippen molar-refractivity contribution in [1.29, 1.82) is 0 Å². The molecule has 1 aromatic rings. The third-order valence-corrected chi connectivity index (χ3v) is 2.34. The largest absolute Gasteiger partial charge is 0.465 e. The molecular weight excluding hydrogens is 232 g/mol. The molecule has 0 aliphatic rings. The highest BCUT2D eigenvalue weighted by molar-refractivity contribution is 5.96. The molecular formula is C13H18N2O3. The third-order valence-electron chi connectivity index (χ3n) is 2.34. The summed E-state index contributed by atoms with van der Waals surface area (Å²) in [6.07, 6.45) is 0. The Morgan fingerprint density at radius 2 is 1.83 bits per heavy atom. The van der Waals surface area contributed by atoms with Crippen LogP contribution >= 0.6 is 0 Å². The molecule has 1 N–H and O–H groups in total. The number of carbonyl (C=O) groups excluding carboxylic acids is 2. The topological polar surface area (TPSA) is 58.6 Å². The van der Waals surface area contributed by atoms with E-state index in [1.165, 1.54) is 0 Å². The van der Waals surface area contributed by atoms with Crippen molar-refractivity contribution >= 4 is 17.6 Å². The molecule has 0 unspecified atom stereocenters. The van der Waals surface area contributed by atoms with E-state index >= 15 is 0 Å². The predicted molar refractivity (Wildman–Crippen MR) is 69.7 cm³/mol. The van der Waals surface area contributed by atoms with Crippen LogP contribution < -0.4 is 10.2 Å². The Balaban J connectivity index is 2.54. The molecule has 98 valence electrons. The monoisotopic (exact) mass is 250 g/mol. The van der Waals surface area contributed by atoms with Gasteiger partial charge in [-0.3, -0.25) is 9.59 Å². The molecule has 0 heterocycles. The Bertz CT molecular complexity index is 413. The molecule has 0 bridgehead atoms. The molecule has 0 spiro atoms. The minimum Gasteiger partial charge on any atom is -0.465 e. The molecule has 0 fully saturated rings. The number of hydrogen-bond donors (Lipinski definition) is 1. The summed E-state index contributed by atoms with van der Waals surface area (Å²) < 4.78 is 4.72. The van der Waals surface area contributed by atoms with Crippen LogP contribution in [0.3, 0.4) is 0 Å². The first-order valence-corrected chi connectivity index (χ1v) is 5.75. The summed E-state index contributed by atoms with van der Waals surface area (Å²) in [6, 6.07) is 7.13. The molecule has 18 heavy (non-hydrogen) atoms. The van der Waals surface area contributed by atoms with Crippen LogP contribution in [0.15, 0.2) is 24.3 Å². The van der Waals surface area contributed by atoms with Crippen molar-refractivity contribution in [2.45, 2.75) is 6.92 Å². The summed E-state index contributed by atoms with van der Waals surface area (Å²) in [7, 11) is 3.85. The van der Waals surface area contributed by atoms with E-state index in [1.807, 2.05) is 31.1 Å². The van der Waals surface area contributed by atoms with Gasteiger partial charge in [-0.05, 0) is 31.2 Å². The van der Waals surface area contributed by atoms with Gasteiger partial charge in [-0.25, -0.2) is 0 Å². The van der Waals surface area contributed by atoms with Crippen LogP contribution in [-0.2, 0) is 9.53 Å². The number of ether oxygens (including phenoxy) is 1.